The van der Waals surface area contributed by atoms with E-state index in [9.17, 15) is 0 Å². The van der Waals surface area contributed by atoms with Gasteiger partial charge >= 0.3 is 0 Å². The molecule has 0 atom stereocenters. The third-order valence-corrected chi connectivity index (χ3v) is 3.28. The van der Waals surface area contributed by atoms with Crippen molar-refractivity contribution in [1.29, 1.82) is 0 Å². The van der Waals surface area contributed by atoms with Crippen LogP contribution >= 0.6 is 24.0 Å². The Morgan fingerprint density at radius 1 is 1.41 bits per heavy atom. The average molecular weight is 355 g/mol. The summed E-state index contributed by atoms with van der Waals surface area (Å²) in [6.07, 6.45) is 2.42. The van der Waals surface area contributed by atoms with Gasteiger partial charge in [-0.25, -0.2) is 0 Å². The molecule has 0 radical (unpaired) electrons. The molecule has 0 unspecified atom stereocenters. The van der Waals surface area contributed by atoms with Gasteiger partial charge in [-0.05, 0) is 32.6 Å². The summed E-state index contributed by atoms with van der Waals surface area (Å²) in [6, 6.07) is 0. The number of piperidine rings is 1. The van der Waals surface area contributed by atoms with Gasteiger partial charge in [-0.1, -0.05) is 6.92 Å². The molecule has 0 bridgehead atoms. The third kappa shape index (κ3) is 5.90. The molecule has 5 heteroatoms. The number of halogens is 1. The smallest absolute Gasteiger partial charge is 0.191 e. The first-order chi connectivity index (χ1) is 7.44. The Labute approximate surface area is 122 Å². The van der Waals surface area contributed by atoms with Gasteiger partial charge in [0.05, 0.1) is 12.1 Å². The first-order valence-electron chi connectivity index (χ1n) is 6.04. The highest BCUT2D eigenvalue weighted by Crippen LogP contribution is 2.15. The zero-order chi connectivity index (χ0) is 12.2. The molecule has 2 N–H and O–H groups in total. The van der Waals surface area contributed by atoms with Crippen molar-refractivity contribution in [3.63, 3.8) is 0 Å². The number of methoxy groups -OCH3 is 1. The number of rotatable bonds is 3. The number of likely N-dealkylation sites (tertiary alicyclic amines) is 1. The minimum atomic E-state index is -0.228. The lowest BCUT2D eigenvalue weighted by Crippen LogP contribution is -2.43. The molecule has 102 valence electrons. The first kappa shape index (κ1) is 17.0. The minimum Gasteiger partial charge on any atom is -0.377 e. The van der Waals surface area contributed by atoms with Gasteiger partial charge in [-0.2, -0.15) is 0 Å². The quantitative estimate of drug-likeness (QED) is 0.479. The highest BCUT2D eigenvalue weighted by molar-refractivity contribution is 14.0. The van der Waals surface area contributed by atoms with Crippen LogP contribution in [0.1, 0.15) is 33.6 Å². The lowest BCUT2D eigenvalue weighted by Gasteiger charge is -2.31. The number of ether oxygens (including phenoxy) is 1. The Morgan fingerprint density at radius 3 is 2.41 bits per heavy atom. The molecule has 4 nitrogen and oxygen atoms in total. The molecule has 1 aliphatic heterocycles. The van der Waals surface area contributed by atoms with Gasteiger partial charge in [0.25, 0.3) is 0 Å². The minimum absolute atomic E-state index is 0. The standard InChI is InChI=1S/C12H25N3O.HI/c1-10-5-7-15(8-6-10)11(13)14-9-12(2,3)16-4;/h10H,5-9H2,1-4H3,(H2,13,14);1H. The van der Waals surface area contributed by atoms with Crippen LogP contribution < -0.4 is 5.73 Å². The lowest BCUT2D eigenvalue weighted by atomic mass is 10.00. The average Bonchev–Trinajstić information content (AvgIpc) is 2.27. The van der Waals surface area contributed by atoms with Crippen molar-refractivity contribution in [3.8, 4) is 0 Å². The van der Waals surface area contributed by atoms with Gasteiger partial charge < -0.3 is 15.4 Å². The molecule has 1 fully saturated rings. The summed E-state index contributed by atoms with van der Waals surface area (Å²) >= 11 is 0. The number of nitrogens with zero attached hydrogens (tertiary/aromatic N) is 2. The highest BCUT2D eigenvalue weighted by atomic mass is 127. The molecule has 1 heterocycles. The Kier molecular flexibility index (Phi) is 7.39. The maximum Gasteiger partial charge on any atom is 0.191 e. The van der Waals surface area contributed by atoms with E-state index in [1.165, 1.54) is 12.8 Å². The van der Waals surface area contributed by atoms with Crippen LogP contribution in [0.15, 0.2) is 4.99 Å². The van der Waals surface area contributed by atoms with E-state index in [0.717, 1.165) is 19.0 Å². The van der Waals surface area contributed by atoms with E-state index in [0.29, 0.717) is 12.5 Å². The fourth-order valence-electron chi connectivity index (χ4n) is 1.67. The van der Waals surface area contributed by atoms with Gasteiger partial charge in [0, 0.05) is 20.2 Å². The van der Waals surface area contributed by atoms with E-state index in [1.807, 2.05) is 13.8 Å². The maximum absolute atomic E-state index is 5.98. The first-order valence-corrected chi connectivity index (χ1v) is 6.04. The van der Waals surface area contributed by atoms with Gasteiger partial charge in [0.1, 0.15) is 0 Å². The van der Waals surface area contributed by atoms with Crippen molar-refractivity contribution in [1.82, 2.24) is 4.90 Å². The molecule has 1 aliphatic rings. The van der Waals surface area contributed by atoms with Crippen LogP contribution in [0.5, 0.6) is 0 Å². The molecule has 0 aromatic heterocycles. The van der Waals surface area contributed by atoms with E-state index >= 15 is 0 Å². The van der Waals surface area contributed by atoms with Gasteiger partial charge in [0.15, 0.2) is 5.96 Å². The van der Waals surface area contributed by atoms with Crippen molar-refractivity contribution in [3.05, 3.63) is 0 Å². The van der Waals surface area contributed by atoms with Crippen LogP contribution in [-0.4, -0.2) is 43.2 Å². The fraction of sp³-hybridized carbons (Fsp3) is 0.917. The van der Waals surface area contributed by atoms with Gasteiger partial charge in [-0.3, -0.25) is 4.99 Å². The summed E-state index contributed by atoms with van der Waals surface area (Å²) in [5.41, 5.74) is 5.75. The molecule has 0 amide bonds. The summed E-state index contributed by atoms with van der Waals surface area (Å²) in [5, 5.41) is 0. The highest BCUT2D eigenvalue weighted by Gasteiger charge is 2.19. The topological polar surface area (TPSA) is 50.9 Å². The van der Waals surface area contributed by atoms with Crippen molar-refractivity contribution in [2.75, 3.05) is 26.7 Å². The summed E-state index contributed by atoms with van der Waals surface area (Å²) in [6.45, 7) is 9.00. The zero-order valence-corrected chi connectivity index (χ0v) is 13.7. The molecule has 0 aromatic rings. The SMILES string of the molecule is COC(C)(C)CN=C(N)N1CCC(C)CC1.I. The van der Waals surface area contributed by atoms with Crippen LogP contribution in [0, 0.1) is 5.92 Å². The van der Waals surface area contributed by atoms with Crippen LogP contribution in [-0.2, 0) is 4.74 Å². The van der Waals surface area contributed by atoms with Crippen LogP contribution in [0.4, 0.5) is 0 Å². The Hall–Kier alpha value is -0.0400. The van der Waals surface area contributed by atoms with Crippen LogP contribution in [0.2, 0.25) is 0 Å². The molecule has 0 aliphatic carbocycles. The van der Waals surface area contributed by atoms with Crippen LogP contribution in [0.3, 0.4) is 0 Å². The summed E-state index contributed by atoms with van der Waals surface area (Å²) in [4.78, 5) is 6.58. The number of hydrogen-bond acceptors (Lipinski definition) is 2. The molecule has 0 aromatic carbocycles. The van der Waals surface area contributed by atoms with E-state index < -0.39 is 0 Å². The fourth-order valence-corrected chi connectivity index (χ4v) is 1.67. The lowest BCUT2D eigenvalue weighted by molar-refractivity contribution is 0.0309. The Morgan fingerprint density at radius 2 is 1.94 bits per heavy atom. The van der Waals surface area contributed by atoms with Crippen molar-refractivity contribution in [2.24, 2.45) is 16.6 Å². The zero-order valence-electron chi connectivity index (χ0n) is 11.4. The van der Waals surface area contributed by atoms with Crippen molar-refractivity contribution < 1.29 is 4.74 Å². The molecule has 17 heavy (non-hydrogen) atoms. The number of nitrogens with two attached hydrogens (primary N) is 1. The molecule has 0 spiro atoms. The molecular weight excluding hydrogens is 329 g/mol. The Balaban J connectivity index is 0.00000256. The summed E-state index contributed by atoms with van der Waals surface area (Å²) in [7, 11) is 1.70. The number of aliphatic imine (C=N–C) groups is 1. The Bertz CT molecular complexity index is 248. The van der Waals surface area contributed by atoms with E-state index in [2.05, 4.69) is 16.8 Å². The maximum atomic E-state index is 5.98. The monoisotopic (exact) mass is 355 g/mol. The molecular formula is C12H26IN3O. The van der Waals surface area contributed by atoms with E-state index in [-0.39, 0.29) is 29.6 Å². The normalized spacial score (nSPS) is 19.1. The second kappa shape index (κ2) is 7.41. The summed E-state index contributed by atoms with van der Waals surface area (Å²) < 4.78 is 5.31. The van der Waals surface area contributed by atoms with Crippen LogP contribution in [0.25, 0.3) is 0 Å². The van der Waals surface area contributed by atoms with E-state index in [4.69, 9.17) is 10.5 Å². The predicted octanol–water partition coefficient (Wildman–Crippen LogP) is 2.08. The predicted molar refractivity (Wildman–Crippen MR) is 83.0 cm³/mol. The van der Waals surface area contributed by atoms with Crippen molar-refractivity contribution >= 4 is 29.9 Å². The molecule has 1 rings (SSSR count). The second-order valence-electron chi connectivity index (χ2n) is 5.31. The molecule has 1 saturated heterocycles. The summed E-state index contributed by atoms with van der Waals surface area (Å²) in [5.74, 6) is 1.48. The largest absolute Gasteiger partial charge is 0.377 e. The van der Waals surface area contributed by atoms with Gasteiger partial charge in [0.2, 0.25) is 0 Å². The third-order valence-electron chi connectivity index (χ3n) is 3.28. The van der Waals surface area contributed by atoms with E-state index in [1.54, 1.807) is 7.11 Å². The number of guanidine groups is 1. The van der Waals surface area contributed by atoms with Crippen molar-refractivity contribution in [2.45, 2.75) is 39.2 Å². The van der Waals surface area contributed by atoms with Gasteiger partial charge in [-0.15, -0.1) is 24.0 Å². The number of hydrogen-bond donors (Lipinski definition) is 1. The molecule has 0 saturated carbocycles. The second-order valence-corrected chi connectivity index (χ2v) is 5.31.